The third kappa shape index (κ3) is 14.2. The first-order valence-corrected chi connectivity index (χ1v) is 23.2. The van der Waals surface area contributed by atoms with Crippen molar-refractivity contribution in [3.63, 3.8) is 0 Å². The highest BCUT2D eigenvalue weighted by molar-refractivity contribution is 5.87. The number of hydrogen-bond donors (Lipinski definition) is 5. The van der Waals surface area contributed by atoms with E-state index in [1.807, 2.05) is 58.1 Å². The largest absolute Gasteiger partial charge is 0.460 e. The molecule has 2 saturated heterocycles. The fourth-order valence-electron chi connectivity index (χ4n) is 9.71. The number of carbonyl (C=O) groups excluding carboxylic acids is 4. The summed E-state index contributed by atoms with van der Waals surface area (Å²) >= 11 is 0. The van der Waals surface area contributed by atoms with Gasteiger partial charge in [-0.25, -0.2) is 4.79 Å². The summed E-state index contributed by atoms with van der Waals surface area (Å²) in [5.74, 6) is -5.23. The molecule has 15 atom stereocenters. The fourth-order valence-corrected chi connectivity index (χ4v) is 9.71. The average Bonchev–Trinajstić information content (AvgIpc) is 3.22. The van der Waals surface area contributed by atoms with Crippen molar-refractivity contribution in [1.82, 2.24) is 4.90 Å². The molecule has 13 nitrogen and oxygen atoms in total. The Morgan fingerprint density at radius 2 is 1.60 bits per heavy atom. The molecule has 0 radical (unpaired) electrons. The van der Waals surface area contributed by atoms with Crippen LogP contribution in [0, 0.1) is 35.5 Å². The van der Waals surface area contributed by atoms with Crippen molar-refractivity contribution in [2.75, 3.05) is 13.7 Å². The Balaban J connectivity index is 1.66. The number of allylic oxidation sites excluding steroid dienone is 6. The number of piperidine rings is 1. The number of esters is 1. The van der Waals surface area contributed by atoms with Crippen molar-refractivity contribution < 1.29 is 58.9 Å². The Labute approximate surface area is 369 Å². The Bertz CT molecular complexity index is 1640. The van der Waals surface area contributed by atoms with Gasteiger partial charge < -0.3 is 44.6 Å². The molecule has 1 aliphatic carbocycles. The maximum atomic E-state index is 14.3. The number of carbonyl (C=O) groups is 4. The molecule has 3 fully saturated rings. The standard InChI is InChI=1S/C49H77NO12/c1-29-14-10-9-11-15-30(2)40(52)26-37-19-17-35(7)49(59,62-37)28-44(55)50-21-13-12-16-38(50)48(58)61-43(32(4)24-36-18-20-39(51)42(54)25-36)27-41(53)31(3)23-34(6)46(57)47(60-8)45(56)33(5)22-29/h9-11,14-15,23,29,31-33,35-40,42-43,46-47,51-52,54,57,59H,12-13,16-22,24-28H2,1-8H3/b11-9+,14-10+,30-15+,34-23+/t29-,31-,32-,33-,35-,36?,37+,38+,39+,40+,42+,43+,46-,47+,49+/m1/s1. The zero-order valence-electron chi connectivity index (χ0n) is 38.5. The number of ketones is 2. The predicted molar refractivity (Wildman–Crippen MR) is 235 cm³/mol. The molecule has 0 aromatic rings. The van der Waals surface area contributed by atoms with E-state index >= 15 is 0 Å². The van der Waals surface area contributed by atoms with Gasteiger partial charge in [-0.15, -0.1) is 0 Å². The molecule has 5 N–H and O–H groups in total. The molecule has 350 valence electrons. The van der Waals surface area contributed by atoms with Gasteiger partial charge in [-0.3, -0.25) is 14.4 Å². The van der Waals surface area contributed by atoms with Crippen LogP contribution >= 0.6 is 0 Å². The van der Waals surface area contributed by atoms with E-state index in [9.17, 15) is 44.7 Å². The number of amides is 1. The first-order chi connectivity index (χ1) is 29.2. The number of ether oxygens (including phenoxy) is 3. The maximum Gasteiger partial charge on any atom is 0.329 e. The molecular weight excluding hydrogens is 795 g/mol. The van der Waals surface area contributed by atoms with Crippen LogP contribution < -0.4 is 0 Å². The number of rotatable bonds is 4. The fraction of sp³-hybridized carbons (Fsp3) is 0.755. The topological polar surface area (TPSA) is 200 Å². The van der Waals surface area contributed by atoms with E-state index in [1.54, 1.807) is 26.8 Å². The van der Waals surface area contributed by atoms with Gasteiger partial charge in [-0.2, -0.15) is 0 Å². The van der Waals surface area contributed by atoms with Crippen LogP contribution in [-0.2, 0) is 33.4 Å². The number of aliphatic hydroxyl groups excluding tert-OH is 4. The van der Waals surface area contributed by atoms with Crippen LogP contribution in [0.5, 0.6) is 0 Å². The van der Waals surface area contributed by atoms with E-state index in [0.717, 1.165) is 0 Å². The van der Waals surface area contributed by atoms with Crippen LogP contribution in [0.25, 0.3) is 0 Å². The van der Waals surface area contributed by atoms with Gasteiger partial charge in [0.2, 0.25) is 5.91 Å². The number of fused-ring (bicyclic) bond motifs is 3. The van der Waals surface area contributed by atoms with Gasteiger partial charge in [0.25, 0.3) is 0 Å². The van der Waals surface area contributed by atoms with Crippen molar-refractivity contribution in [2.45, 2.75) is 186 Å². The van der Waals surface area contributed by atoms with Gasteiger partial charge in [0.05, 0.1) is 30.8 Å². The lowest BCUT2D eigenvalue weighted by molar-refractivity contribution is -0.283. The molecule has 0 spiro atoms. The van der Waals surface area contributed by atoms with Crippen LogP contribution in [0.2, 0.25) is 0 Å². The maximum absolute atomic E-state index is 14.3. The van der Waals surface area contributed by atoms with Gasteiger partial charge in [-0.1, -0.05) is 71.1 Å². The lowest BCUT2D eigenvalue weighted by atomic mass is 9.78. The third-order valence-electron chi connectivity index (χ3n) is 14.0. The number of nitrogens with zero attached hydrogens (tertiary/aromatic N) is 1. The van der Waals surface area contributed by atoms with E-state index in [2.05, 4.69) is 0 Å². The lowest BCUT2D eigenvalue weighted by Gasteiger charge is -2.44. The van der Waals surface area contributed by atoms with Crippen molar-refractivity contribution in [1.29, 1.82) is 0 Å². The average molecular weight is 872 g/mol. The highest BCUT2D eigenvalue weighted by Crippen LogP contribution is 2.38. The summed E-state index contributed by atoms with van der Waals surface area (Å²) < 4.78 is 18.0. The minimum atomic E-state index is -1.81. The normalized spacial score (nSPS) is 41.8. The molecule has 4 rings (SSSR count). The lowest BCUT2D eigenvalue weighted by Crippen LogP contribution is -2.54. The van der Waals surface area contributed by atoms with E-state index in [0.29, 0.717) is 75.4 Å². The van der Waals surface area contributed by atoms with Gasteiger partial charge >= 0.3 is 5.97 Å². The smallest absolute Gasteiger partial charge is 0.329 e. The quantitative estimate of drug-likeness (QED) is 0.171. The Morgan fingerprint density at radius 1 is 0.871 bits per heavy atom. The van der Waals surface area contributed by atoms with Crippen LogP contribution in [0.15, 0.2) is 47.6 Å². The second-order valence-electron chi connectivity index (χ2n) is 19.3. The van der Waals surface area contributed by atoms with Crippen molar-refractivity contribution >= 4 is 23.4 Å². The van der Waals surface area contributed by atoms with Gasteiger partial charge in [0.1, 0.15) is 30.1 Å². The van der Waals surface area contributed by atoms with E-state index in [-0.39, 0.29) is 61.0 Å². The zero-order chi connectivity index (χ0) is 45.9. The summed E-state index contributed by atoms with van der Waals surface area (Å²) in [4.78, 5) is 57.5. The molecule has 1 unspecified atom stereocenters. The number of aliphatic hydroxyl groups is 5. The minimum Gasteiger partial charge on any atom is -0.460 e. The SMILES string of the molecule is CO[C@H]1C(=O)[C@H](C)C[C@H](C)/C=C/C=C/C=C(\C)[C@@H](O)C[C@@H]2CC[C@@H](C)[C@](O)(CC(=O)N3CCCC[C@H]3C(=O)O[C@H]([C@H](C)CC3CC[C@H](O)[C@@H](O)C3)CC(=O)[C@H](C)/C=C(\C)[C@H]1O)O2. The molecule has 1 amide bonds. The van der Waals surface area contributed by atoms with Gasteiger partial charge in [0.15, 0.2) is 11.6 Å². The molecule has 62 heavy (non-hydrogen) atoms. The first kappa shape index (κ1) is 51.6. The second-order valence-corrected chi connectivity index (χ2v) is 19.3. The summed E-state index contributed by atoms with van der Waals surface area (Å²) in [6.45, 7) is 13.0. The third-order valence-corrected chi connectivity index (χ3v) is 14.0. The molecule has 0 aromatic carbocycles. The van der Waals surface area contributed by atoms with E-state index in [1.165, 1.54) is 12.0 Å². The molecule has 4 aliphatic rings. The van der Waals surface area contributed by atoms with Crippen LogP contribution in [0.3, 0.4) is 0 Å². The number of methoxy groups -OCH3 is 1. The van der Waals surface area contributed by atoms with Crippen molar-refractivity contribution in [3.05, 3.63) is 47.6 Å². The summed E-state index contributed by atoms with van der Waals surface area (Å²) in [7, 11) is 1.38. The summed E-state index contributed by atoms with van der Waals surface area (Å²) in [5, 5.41) is 54.9. The van der Waals surface area contributed by atoms with Crippen molar-refractivity contribution in [3.8, 4) is 0 Å². The van der Waals surface area contributed by atoms with Gasteiger partial charge in [0, 0.05) is 44.2 Å². The molecule has 3 aliphatic heterocycles. The molecule has 3 heterocycles. The minimum absolute atomic E-state index is 0.0191. The number of cyclic esters (lactones) is 1. The Hall–Kier alpha value is -3.04. The summed E-state index contributed by atoms with van der Waals surface area (Å²) in [6, 6.07) is -0.942. The van der Waals surface area contributed by atoms with Crippen molar-refractivity contribution in [2.24, 2.45) is 35.5 Å². The number of hydrogen-bond acceptors (Lipinski definition) is 12. The summed E-state index contributed by atoms with van der Waals surface area (Å²) in [5.41, 5.74) is 1.10. The first-order valence-electron chi connectivity index (χ1n) is 23.2. The molecule has 13 heteroatoms. The molecule has 1 saturated carbocycles. The zero-order valence-corrected chi connectivity index (χ0v) is 38.5. The highest BCUT2D eigenvalue weighted by atomic mass is 16.6. The highest BCUT2D eigenvalue weighted by Gasteiger charge is 2.46. The van der Waals surface area contributed by atoms with Gasteiger partial charge in [-0.05, 0) is 107 Å². The Kier molecular flexibility index (Phi) is 19.8. The van der Waals surface area contributed by atoms with E-state index < -0.39 is 78.3 Å². The molecule has 0 aromatic heterocycles. The number of Topliss-reactive ketones (excluding diaryl/α,β-unsaturated/α-hetero) is 2. The van der Waals surface area contributed by atoms with Crippen LogP contribution in [0.1, 0.15) is 132 Å². The second kappa shape index (κ2) is 23.8. The summed E-state index contributed by atoms with van der Waals surface area (Å²) in [6.07, 6.45) is 9.67. The monoisotopic (exact) mass is 872 g/mol. The molecular formula is C49H77NO12. The predicted octanol–water partition coefficient (Wildman–Crippen LogP) is 5.69. The molecule has 2 bridgehead atoms. The van der Waals surface area contributed by atoms with Crippen LogP contribution in [-0.4, -0.2) is 122 Å². The Morgan fingerprint density at radius 3 is 2.29 bits per heavy atom. The van der Waals surface area contributed by atoms with Crippen LogP contribution in [0.4, 0.5) is 0 Å². The van der Waals surface area contributed by atoms with E-state index in [4.69, 9.17) is 14.2 Å².